The Morgan fingerprint density at radius 1 is 0.815 bits per heavy atom. The lowest BCUT2D eigenvalue weighted by atomic mass is 9.91. The number of hydrogen-bond donors (Lipinski definition) is 3. The first kappa shape index (κ1) is 38.3. The van der Waals surface area contributed by atoms with Gasteiger partial charge in [-0.2, -0.15) is 13.2 Å². The van der Waals surface area contributed by atoms with E-state index in [0.717, 1.165) is 79.8 Å². The van der Waals surface area contributed by atoms with E-state index in [-0.39, 0.29) is 18.9 Å². The van der Waals surface area contributed by atoms with Gasteiger partial charge in [0.15, 0.2) is 0 Å². The largest absolute Gasteiger partial charge is 0.481 e. The predicted octanol–water partition coefficient (Wildman–Crippen LogP) is 8.41. The zero-order chi connectivity index (χ0) is 38.1. The summed E-state index contributed by atoms with van der Waals surface area (Å²) >= 11 is 0. The van der Waals surface area contributed by atoms with Crippen LogP contribution in [0.4, 0.5) is 24.5 Å². The second-order valence-electron chi connectivity index (χ2n) is 14.2. The molecule has 0 aliphatic carbocycles. The van der Waals surface area contributed by atoms with Crippen molar-refractivity contribution in [1.82, 2.24) is 15.2 Å². The molecule has 54 heavy (non-hydrogen) atoms. The molecule has 0 unspecified atom stereocenters. The highest BCUT2D eigenvalue weighted by Crippen LogP contribution is 2.34. The third kappa shape index (κ3) is 10.2. The van der Waals surface area contributed by atoms with E-state index >= 15 is 0 Å². The van der Waals surface area contributed by atoms with Gasteiger partial charge in [0.25, 0.3) is 11.8 Å². The molecule has 6 rings (SSSR count). The standard InChI is InChI=1S/C42H46F3N5O4/c43-42(44,45)34-11-5-9-31(24-34)28-48-40(53)32-15-18-46-38(25-32)36-26-35(49-19-2-1-3-20-49)13-14-37(36)47-27-30-8-4-10-33(23-30)41(54)50-21-16-29(17-22-50)7-6-12-39(51)52/h4-5,8-11,13-15,18,23-26,29,47H,1-3,6-7,12,16-17,19-22,27-28H2,(H,48,53)(H,51,52). The highest BCUT2D eigenvalue weighted by atomic mass is 19.4. The molecule has 2 fully saturated rings. The molecule has 2 aliphatic heterocycles. The van der Waals surface area contributed by atoms with Crippen molar-refractivity contribution in [3.05, 3.63) is 113 Å². The van der Waals surface area contributed by atoms with Gasteiger partial charge in [-0.25, -0.2) is 0 Å². The Kier molecular flexibility index (Phi) is 12.5. The van der Waals surface area contributed by atoms with E-state index in [9.17, 15) is 27.6 Å². The quantitative estimate of drug-likeness (QED) is 0.126. The number of aromatic nitrogens is 1. The van der Waals surface area contributed by atoms with Gasteiger partial charge in [0.05, 0.1) is 11.3 Å². The summed E-state index contributed by atoms with van der Waals surface area (Å²) in [6, 6.07) is 21.9. The molecule has 2 saturated heterocycles. The fourth-order valence-electron chi connectivity index (χ4n) is 7.27. The number of carbonyl (C=O) groups is 3. The summed E-state index contributed by atoms with van der Waals surface area (Å²) in [5.41, 5.74) is 4.65. The fraction of sp³-hybridized carbons (Fsp3) is 0.381. The summed E-state index contributed by atoms with van der Waals surface area (Å²) in [6.45, 7) is 3.57. The molecule has 4 aromatic rings. The Labute approximate surface area is 313 Å². The lowest BCUT2D eigenvalue weighted by Crippen LogP contribution is -2.38. The monoisotopic (exact) mass is 741 g/mol. The number of halogens is 3. The maximum Gasteiger partial charge on any atom is 0.416 e. The van der Waals surface area contributed by atoms with Gasteiger partial charge in [0, 0.05) is 80.0 Å². The molecule has 2 amide bonds. The van der Waals surface area contributed by atoms with Crippen molar-refractivity contribution in [1.29, 1.82) is 0 Å². The summed E-state index contributed by atoms with van der Waals surface area (Å²) in [7, 11) is 0. The number of piperidine rings is 2. The van der Waals surface area contributed by atoms with Crippen LogP contribution in [0.5, 0.6) is 0 Å². The Hall–Kier alpha value is -5.39. The van der Waals surface area contributed by atoms with Gasteiger partial charge in [0.1, 0.15) is 0 Å². The van der Waals surface area contributed by atoms with Crippen LogP contribution >= 0.6 is 0 Å². The number of pyridine rings is 1. The number of aliphatic carboxylic acids is 1. The zero-order valence-electron chi connectivity index (χ0n) is 30.2. The summed E-state index contributed by atoms with van der Waals surface area (Å²) in [5.74, 6) is -0.777. The average Bonchev–Trinajstić information content (AvgIpc) is 3.19. The molecule has 0 radical (unpaired) electrons. The number of anilines is 2. The third-order valence-corrected chi connectivity index (χ3v) is 10.3. The number of carboxylic acid groups (broad SMARTS) is 1. The van der Waals surface area contributed by atoms with Gasteiger partial charge < -0.3 is 25.5 Å². The second-order valence-corrected chi connectivity index (χ2v) is 14.2. The number of carbonyl (C=O) groups excluding carboxylic acids is 2. The Morgan fingerprint density at radius 2 is 1.56 bits per heavy atom. The van der Waals surface area contributed by atoms with Crippen molar-refractivity contribution in [3.8, 4) is 11.3 Å². The maximum absolute atomic E-state index is 13.5. The first-order valence-corrected chi connectivity index (χ1v) is 18.7. The molecule has 0 bridgehead atoms. The van der Waals surface area contributed by atoms with Crippen molar-refractivity contribution >= 4 is 29.2 Å². The highest BCUT2D eigenvalue weighted by molar-refractivity contribution is 5.96. The molecule has 9 nitrogen and oxygen atoms in total. The van der Waals surface area contributed by atoms with Gasteiger partial charge >= 0.3 is 12.1 Å². The van der Waals surface area contributed by atoms with Crippen LogP contribution in [0.3, 0.4) is 0 Å². The predicted molar refractivity (Wildman–Crippen MR) is 202 cm³/mol. The van der Waals surface area contributed by atoms with Crippen LogP contribution in [0, 0.1) is 5.92 Å². The van der Waals surface area contributed by atoms with Crippen LogP contribution in [0.15, 0.2) is 85.1 Å². The van der Waals surface area contributed by atoms with Crippen molar-refractivity contribution < 1.29 is 32.7 Å². The minimum absolute atomic E-state index is 0.0141. The third-order valence-electron chi connectivity index (χ3n) is 10.3. The lowest BCUT2D eigenvalue weighted by Gasteiger charge is -2.32. The normalized spacial score (nSPS) is 15.2. The average molecular weight is 742 g/mol. The number of alkyl halides is 3. The smallest absolute Gasteiger partial charge is 0.416 e. The number of carboxylic acids is 1. The minimum Gasteiger partial charge on any atom is -0.481 e. The Bertz CT molecular complexity index is 1940. The second kappa shape index (κ2) is 17.6. The van der Waals surface area contributed by atoms with Crippen LogP contribution < -0.4 is 15.5 Å². The van der Waals surface area contributed by atoms with E-state index in [0.29, 0.717) is 54.4 Å². The maximum atomic E-state index is 13.5. The summed E-state index contributed by atoms with van der Waals surface area (Å²) in [4.78, 5) is 46.4. The van der Waals surface area contributed by atoms with Crippen LogP contribution in [0.25, 0.3) is 11.3 Å². The van der Waals surface area contributed by atoms with Crippen LogP contribution in [0.1, 0.15) is 88.8 Å². The van der Waals surface area contributed by atoms with E-state index < -0.39 is 23.6 Å². The fourth-order valence-corrected chi connectivity index (χ4v) is 7.27. The first-order chi connectivity index (χ1) is 26.0. The molecule has 0 atom stereocenters. The van der Waals surface area contributed by atoms with E-state index in [2.05, 4.69) is 32.7 Å². The van der Waals surface area contributed by atoms with Gasteiger partial charge in [0.2, 0.25) is 0 Å². The van der Waals surface area contributed by atoms with Crippen LogP contribution in [0.2, 0.25) is 0 Å². The SMILES string of the molecule is O=C(O)CCCC1CCN(C(=O)c2cccc(CNc3ccc(N4CCCCC4)cc3-c3cc(C(=O)NCc4cccc(C(F)(F)F)c4)ccn3)c2)CC1. The molecule has 2 aliphatic rings. The lowest BCUT2D eigenvalue weighted by molar-refractivity contribution is -0.138. The number of rotatable bonds is 13. The number of hydrogen-bond acceptors (Lipinski definition) is 6. The highest BCUT2D eigenvalue weighted by Gasteiger charge is 2.30. The molecule has 0 spiro atoms. The van der Waals surface area contributed by atoms with Gasteiger partial charge in [-0.1, -0.05) is 24.3 Å². The van der Waals surface area contributed by atoms with Crippen molar-refractivity contribution in [2.24, 2.45) is 5.92 Å². The number of amides is 2. The molecule has 1 aromatic heterocycles. The topological polar surface area (TPSA) is 115 Å². The number of nitrogens with one attached hydrogen (secondary N) is 2. The van der Waals surface area contributed by atoms with Gasteiger partial charge in [-0.15, -0.1) is 0 Å². The van der Waals surface area contributed by atoms with Crippen molar-refractivity contribution in [2.75, 3.05) is 36.4 Å². The molecule has 3 aromatic carbocycles. The first-order valence-electron chi connectivity index (χ1n) is 18.7. The number of benzene rings is 3. The van der Waals surface area contributed by atoms with E-state index in [1.165, 1.54) is 12.5 Å². The van der Waals surface area contributed by atoms with Crippen LogP contribution in [-0.4, -0.2) is 59.0 Å². The zero-order valence-corrected chi connectivity index (χ0v) is 30.2. The molecule has 0 saturated carbocycles. The Balaban J connectivity index is 1.15. The summed E-state index contributed by atoms with van der Waals surface area (Å²) < 4.78 is 39.6. The Morgan fingerprint density at radius 3 is 2.30 bits per heavy atom. The van der Waals surface area contributed by atoms with E-state index in [4.69, 9.17) is 5.11 Å². The molecular formula is C42H46F3N5O4. The molecular weight excluding hydrogens is 695 g/mol. The van der Waals surface area contributed by atoms with E-state index in [1.807, 2.05) is 35.2 Å². The molecule has 3 heterocycles. The molecule has 3 N–H and O–H groups in total. The number of likely N-dealkylation sites (tertiary alicyclic amines) is 1. The van der Waals surface area contributed by atoms with Crippen LogP contribution in [-0.2, 0) is 24.1 Å². The summed E-state index contributed by atoms with van der Waals surface area (Å²) in [5, 5.41) is 15.2. The molecule has 12 heteroatoms. The summed E-state index contributed by atoms with van der Waals surface area (Å²) in [6.07, 6.45) is 3.94. The van der Waals surface area contributed by atoms with Gasteiger partial charge in [-0.05, 0) is 117 Å². The molecule has 284 valence electrons. The van der Waals surface area contributed by atoms with E-state index in [1.54, 1.807) is 24.4 Å². The van der Waals surface area contributed by atoms with Crippen molar-refractivity contribution in [3.63, 3.8) is 0 Å². The minimum atomic E-state index is -4.47. The van der Waals surface area contributed by atoms with Gasteiger partial charge in [-0.3, -0.25) is 19.4 Å². The number of nitrogens with zero attached hydrogens (tertiary/aromatic N) is 3. The van der Waals surface area contributed by atoms with Crippen molar-refractivity contribution in [2.45, 2.75) is 70.6 Å².